The van der Waals surface area contributed by atoms with E-state index in [0.717, 1.165) is 43.9 Å². The van der Waals surface area contributed by atoms with Crippen LogP contribution in [0.5, 0.6) is 0 Å². The molecule has 0 spiro atoms. The van der Waals surface area contributed by atoms with Crippen molar-refractivity contribution in [2.24, 2.45) is 5.92 Å². The maximum absolute atomic E-state index is 12.3. The number of amides is 1. The van der Waals surface area contributed by atoms with Crippen LogP contribution in [0.2, 0.25) is 0 Å². The molecule has 0 saturated carbocycles. The van der Waals surface area contributed by atoms with Crippen LogP contribution in [0.3, 0.4) is 0 Å². The molecule has 0 radical (unpaired) electrons. The fourth-order valence-corrected chi connectivity index (χ4v) is 3.04. The smallest absolute Gasteiger partial charge is 0.224 e. The molecule has 2 aromatic rings. The van der Waals surface area contributed by atoms with Crippen LogP contribution >= 0.6 is 0 Å². The largest absolute Gasteiger partial charge is 0.355 e. The Morgan fingerprint density at radius 2 is 2.25 bits per heavy atom. The van der Waals surface area contributed by atoms with E-state index in [2.05, 4.69) is 37.3 Å². The first-order chi connectivity index (χ1) is 11.8. The molecule has 1 unspecified atom stereocenters. The summed E-state index contributed by atoms with van der Waals surface area (Å²) in [5, 5.41) is 10.2. The summed E-state index contributed by atoms with van der Waals surface area (Å²) in [5.41, 5.74) is 0.929. The molecule has 3 heterocycles. The first kappa shape index (κ1) is 16.6. The molecular weight excluding hydrogens is 304 g/mol. The van der Waals surface area contributed by atoms with Crippen molar-refractivity contribution in [3.63, 3.8) is 0 Å². The average molecular weight is 328 g/mol. The number of aromatic nitrogens is 4. The Morgan fingerprint density at radius 1 is 1.42 bits per heavy atom. The van der Waals surface area contributed by atoms with Crippen LogP contribution in [0.4, 0.5) is 0 Å². The average Bonchev–Trinajstić information content (AvgIpc) is 3.11. The van der Waals surface area contributed by atoms with Gasteiger partial charge >= 0.3 is 0 Å². The van der Waals surface area contributed by atoms with Crippen molar-refractivity contribution >= 4 is 5.91 Å². The second kappa shape index (κ2) is 8.01. The first-order valence-corrected chi connectivity index (χ1v) is 8.58. The second-order valence-corrected chi connectivity index (χ2v) is 6.12. The van der Waals surface area contributed by atoms with E-state index in [1.807, 2.05) is 12.1 Å². The third-order valence-electron chi connectivity index (χ3n) is 4.45. The minimum Gasteiger partial charge on any atom is -0.355 e. The normalized spacial score (nSPS) is 18.5. The van der Waals surface area contributed by atoms with Gasteiger partial charge in [-0.15, -0.1) is 0 Å². The summed E-state index contributed by atoms with van der Waals surface area (Å²) in [6.07, 6.45) is 6.17. The maximum Gasteiger partial charge on any atom is 0.224 e. The molecular formula is C17H24N6O. The van der Waals surface area contributed by atoms with Crippen LogP contribution in [0.1, 0.15) is 25.6 Å². The monoisotopic (exact) mass is 328 g/mol. The van der Waals surface area contributed by atoms with Crippen molar-refractivity contribution in [2.45, 2.75) is 26.2 Å². The number of hydrogen-bond acceptors (Lipinski definition) is 5. The summed E-state index contributed by atoms with van der Waals surface area (Å²) in [6, 6.07) is 3.74. The van der Waals surface area contributed by atoms with Gasteiger partial charge in [0.2, 0.25) is 5.91 Å². The highest BCUT2D eigenvalue weighted by Crippen LogP contribution is 2.16. The summed E-state index contributed by atoms with van der Waals surface area (Å²) >= 11 is 0. The van der Waals surface area contributed by atoms with E-state index < -0.39 is 0 Å². The Morgan fingerprint density at radius 3 is 3.04 bits per heavy atom. The summed E-state index contributed by atoms with van der Waals surface area (Å²) < 4.78 is 0. The van der Waals surface area contributed by atoms with Gasteiger partial charge in [-0.25, -0.2) is 4.98 Å². The van der Waals surface area contributed by atoms with E-state index in [1.165, 1.54) is 0 Å². The van der Waals surface area contributed by atoms with Gasteiger partial charge in [0.05, 0.1) is 5.92 Å². The maximum atomic E-state index is 12.3. The van der Waals surface area contributed by atoms with Crippen LogP contribution < -0.4 is 5.32 Å². The van der Waals surface area contributed by atoms with Gasteiger partial charge in [0, 0.05) is 37.5 Å². The topological polar surface area (TPSA) is 86.8 Å². The standard InChI is InChI=1S/C17H24N6O/c1-2-23-11-3-4-14(12-23)17(24)19-10-7-15-20-16(22-21-15)13-5-8-18-9-6-13/h5-6,8-9,14H,2-4,7,10-12H2,1H3,(H,19,24)(H,20,21,22). The number of hydrogen-bond donors (Lipinski definition) is 2. The number of pyridine rings is 1. The lowest BCUT2D eigenvalue weighted by Gasteiger charge is -2.30. The number of nitrogens with one attached hydrogen (secondary N) is 2. The molecule has 0 aromatic carbocycles. The van der Waals surface area contributed by atoms with Crippen molar-refractivity contribution < 1.29 is 4.79 Å². The van der Waals surface area contributed by atoms with Gasteiger partial charge in [0.25, 0.3) is 0 Å². The molecule has 1 amide bonds. The minimum atomic E-state index is 0.112. The predicted octanol–water partition coefficient (Wildman–Crippen LogP) is 1.26. The molecule has 1 aliphatic rings. The molecule has 7 nitrogen and oxygen atoms in total. The van der Waals surface area contributed by atoms with Gasteiger partial charge in [-0.1, -0.05) is 6.92 Å². The van der Waals surface area contributed by atoms with E-state index in [-0.39, 0.29) is 11.8 Å². The molecule has 0 bridgehead atoms. The minimum absolute atomic E-state index is 0.112. The van der Waals surface area contributed by atoms with E-state index in [9.17, 15) is 4.79 Å². The van der Waals surface area contributed by atoms with Crippen molar-refractivity contribution in [3.05, 3.63) is 30.4 Å². The zero-order valence-corrected chi connectivity index (χ0v) is 14.0. The van der Waals surface area contributed by atoms with Crippen molar-refractivity contribution in [1.82, 2.24) is 30.4 Å². The lowest BCUT2D eigenvalue weighted by molar-refractivity contribution is -0.126. The zero-order chi connectivity index (χ0) is 16.8. The Kier molecular flexibility index (Phi) is 5.53. The quantitative estimate of drug-likeness (QED) is 0.833. The van der Waals surface area contributed by atoms with Gasteiger partial charge in [0.1, 0.15) is 5.82 Å². The Bertz CT molecular complexity index is 656. The SMILES string of the molecule is CCN1CCCC(C(=O)NCCc2nc(-c3ccncc3)n[nH]2)C1. The molecule has 7 heteroatoms. The van der Waals surface area contributed by atoms with E-state index in [4.69, 9.17) is 0 Å². The van der Waals surface area contributed by atoms with E-state index >= 15 is 0 Å². The van der Waals surface area contributed by atoms with Crippen molar-refractivity contribution in [2.75, 3.05) is 26.2 Å². The number of piperidine rings is 1. The highest BCUT2D eigenvalue weighted by Gasteiger charge is 2.24. The van der Waals surface area contributed by atoms with Crippen LogP contribution in [-0.4, -0.2) is 57.2 Å². The van der Waals surface area contributed by atoms with Crippen LogP contribution in [0, 0.1) is 5.92 Å². The molecule has 1 atom stereocenters. The number of carbonyl (C=O) groups excluding carboxylic acids is 1. The lowest BCUT2D eigenvalue weighted by Crippen LogP contribution is -2.43. The van der Waals surface area contributed by atoms with E-state index in [0.29, 0.717) is 18.8 Å². The van der Waals surface area contributed by atoms with Gasteiger partial charge in [-0.2, -0.15) is 5.10 Å². The summed E-state index contributed by atoms with van der Waals surface area (Å²) in [7, 11) is 0. The molecule has 128 valence electrons. The fourth-order valence-electron chi connectivity index (χ4n) is 3.04. The van der Waals surface area contributed by atoms with Crippen molar-refractivity contribution in [3.8, 4) is 11.4 Å². The number of likely N-dealkylation sites (tertiary alicyclic amines) is 1. The predicted molar refractivity (Wildman–Crippen MR) is 91.2 cm³/mol. The van der Waals surface area contributed by atoms with Gasteiger partial charge in [0.15, 0.2) is 5.82 Å². The van der Waals surface area contributed by atoms with E-state index in [1.54, 1.807) is 12.4 Å². The molecule has 1 saturated heterocycles. The number of nitrogens with zero attached hydrogens (tertiary/aromatic N) is 4. The van der Waals surface area contributed by atoms with Crippen LogP contribution in [0.25, 0.3) is 11.4 Å². The van der Waals surface area contributed by atoms with Gasteiger partial charge < -0.3 is 10.2 Å². The molecule has 3 rings (SSSR count). The highest BCUT2D eigenvalue weighted by molar-refractivity contribution is 5.78. The highest BCUT2D eigenvalue weighted by atomic mass is 16.1. The second-order valence-electron chi connectivity index (χ2n) is 6.12. The van der Waals surface area contributed by atoms with Crippen LogP contribution in [-0.2, 0) is 11.2 Å². The lowest BCUT2D eigenvalue weighted by atomic mass is 9.97. The molecule has 2 aromatic heterocycles. The first-order valence-electron chi connectivity index (χ1n) is 8.58. The van der Waals surface area contributed by atoms with Crippen molar-refractivity contribution in [1.29, 1.82) is 0 Å². The number of rotatable bonds is 6. The Hall–Kier alpha value is -2.28. The number of aromatic amines is 1. The molecule has 2 N–H and O–H groups in total. The fraction of sp³-hybridized carbons (Fsp3) is 0.529. The van der Waals surface area contributed by atoms with Crippen LogP contribution in [0.15, 0.2) is 24.5 Å². The van der Waals surface area contributed by atoms with Gasteiger partial charge in [-0.3, -0.25) is 14.9 Å². The Balaban J connectivity index is 1.46. The number of carbonyl (C=O) groups is 1. The summed E-state index contributed by atoms with van der Waals surface area (Å²) in [4.78, 5) is 23.1. The number of H-pyrrole nitrogens is 1. The summed E-state index contributed by atoms with van der Waals surface area (Å²) in [6.45, 7) is 5.71. The molecule has 1 aliphatic heterocycles. The van der Waals surface area contributed by atoms with Gasteiger partial charge in [-0.05, 0) is 38.1 Å². The Labute approximate surface area is 141 Å². The third kappa shape index (κ3) is 4.17. The molecule has 0 aliphatic carbocycles. The third-order valence-corrected chi connectivity index (χ3v) is 4.45. The molecule has 24 heavy (non-hydrogen) atoms. The zero-order valence-electron chi connectivity index (χ0n) is 14.0. The summed E-state index contributed by atoms with van der Waals surface area (Å²) in [5.74, 6) is 1.70. The molecule has 1 fully saturated rings.